The summed E-state index contributed by atoms with van der Waals surface area (Å²) in [6.07, 6.45) is 1.65. The summed E-state index contributed by atoms with van der Waals surface area (Å²) in [6.45, 7) is 5.34. The minimum atomic E-state index is -1.03. The SMILES string of the molecule is Cc1ccnc(NC(=O)C(C)(C)Oc2ccc(Cl)cc2)c1. The van der Waals surface area contributed by atoms with Crippen molar-refractivity contribution in [3.8, 4) is 5.75 Å². The Balaban J connectivity index is 2.07. The molecule has 1 heterocycles. The van der Waals surface area contributed by atoms with Gasteiger partial charge in [0.1, 0.15) is 11.6 Å². The van der Waals surface area contributed by atoms with Crippen LogP contribution in [0.5, 0.6) is 5.75 Å². The molecule has 0 saturated heterocycles. The standard InChI is InChI=1S/C16H17ClN2O2/c1-11-8-9-18-14(10-11)19-15(20)16(2,3)21-13-6-4-12(17)5-7-13/h4-10H,1-3H3,(H,18,19,20). The van der Waals surface area contributed by atoms with Crippen LogP contribution < -0.4 is 10.1 Å². The van der Waals surface area contributed by atoms with Crippen molar-refractivity contribution in [2.75, 3.05) is 5.32 Å². The second kappa shape index (κ2) is 6.14. The van der Waals surface area contributed by atoms with Gasteiger partial charge in [-0.1, -0.05) is 11.6 Å². The Morgan fingerprint density at radius 1 is 1.24 bits per heavy atom. The predicted octanol–water partition coefficient (Wildman–Crippen LogP) is 3.84. The van der Waals surface area contributed by atoms with Crippen LogP contribution >= 0.6 is 11.6 Å². The Labute approximate surface area is 129 Å². The molecule has 110 valence electrons. The largest absolute Gasteiger partial charge is 0.478 e. The number of carbonyl (C=O) groups excluding carboxylic acids is 1. The van der Waals surface area contributed by atoms with Crippen LogP contribution in [-0.4, -0.2) is 16.5 Å². The van der Waals surface area contributed by atoms with Crippen LogP contribution in [0.1, 0.15) is 19.4 Å². The number of hydrogen-bond donors (Lipinski definition) is 1. The lowest BCUT2D eigenvalue weighted by molar-refractivity contribution is -0.128. The summed E-state index contributed by atoms with van der Waals surface area (Å²) < 4.78 is 5.72. The van der Waals surface area contributed by atoms with E-state index in [1.165, 1.54) is 0 Å². The van der Waals surface area contributed by atoms with Crippen molar-refractivity contribution in [3.63, 3.8) is 0 Å². The van der Waals surface area contributed by atoms with E-state index in [9.17, 15) is 4.79 Å². The summed E-state index contributed by atoms with van der Waals surface area (Å²) in [6, 6.07) is 10.5. The zero-order valence-corrected chi connectivity index (χ0v) is 12.9. The van der Waals surface area contributed by atoms with Crippen molar-refractivity contribution in [3.05, 3.63) is 53.2 Å². The molecule has 0 fully saturated rings. The Morgan fingerprint density at radius 3 is 2.52 bits per heavy atom. The topological polar surface area (TPSA) is 51.2 Å². The number of carbonyl (C=O) groups is 1. The zero-order valence-electron chi connectivity index (χ0n) is 12.2. The number of nitrogens with one attached hydrogen (secondary N) is 1. The third-order valence-electron chi connectivity index (χ3n) is 2.89. The maximum Gasteiger partial charge on any atom is 0.269 e. The first-order chi connectivity index (χ1) is 9.87. The number of anilines is 1. The van der Waals surface area contributed by atoms with Crippen molar-refractivity contribution >= 4 is 23.3 Å². The van der Waals surface area contributed by atoms with Crippen LogP contribution in [0.2, 0.25) is 5.02 Å². The summed E-state index contributed by atoms with van der Waals surface area (Å²) >= 11 is 5.82. The van der Waals surface area contributed by atoms with Crippen molar-refractivity contribution in [2.45, 2.75) is 26.4 Å². The molecule has 0 aliphatic carbocycles. The molecule has 1 amide bonds. The number of pyridine rings is 1. The highest BCUT2D eigenvalue weighted by Gasteiger charge is 2.30. The van der Waals surface area contributed by atoms with Gasteiger partial charge < -0.3 is 10.1 Å². The number of hydrogen-bond acceptors (Lipinski definition) is 3. The van der Waals surface area contributed by atoms with Crippen molar-refractivity contribution in [1.29, 1.82) is 0 Å². The molecular formula is C16H17ClN2O2. The quantitative estimate of drug-likeness (QED) is 0.933. The average molecular weight is 305 g/mol. The Kier molecular flexibility index (Phi) is 4.48. The van der Waals surface area contributed by atoms with Gasteiger partial charge in [-0.15, -0.1) is 0 Å². The van der Waals surface area contributed by atoms with E-state index in [4.69, 9.17) is 16.3 Å². The minimum Gasteiger partial charge on any atom is -0.478 e. The molecule has 5 heteroatoms. The summed E-state index contributed by atoms with van der Waals surface area (Å²) in [5, 5.41) is 3.37. The number of aromatic nitrogens is 1. The molecule has 0 aliphatic heterocycles. The first-order valence-corrected chi connectivity index (χ1v) is 6.93. The van der Waals surface area contributed by atoms with Gasteiger partial charge in [0.2, 0.25) is 0 Å². The highest BCUT2D eigenvalue weighted by Crippen LogP contribution is 2.22. The lowest BCUT2D eigenvalue weighted by Crippen LogP contribution is -2.42. The van der Waals surface area contributed by atoms with E-state index < -0.39 is 5.60 Å². The summed E-state index contributed by atoms with van der Waals surface area (Å²) in [4.78, 5) is 16.4. The number of nitrogens with zero attached hydrogens (tertiary/aromatic N) is 1. The van der Waals surface area contributed by atoms with Crippen molar-refractivity contribution in [2.24, 2.45) is 0 Å². The van der Waals surface area contributed by atoms with Gasteiger partial charge in [-0.05, 0) is 62.7 Å². The zero-order chi connectivity index (χ0) is 15.5. The normalized spacial score (nSPS) is 11.0. The van der Waals surface area contributed by atoms with Crippen molar-refractivity contribution < 1.29 is 9.53 Å². The number of rotatable bonds is 4. The van der Waals surface area contributed by atoms with Gasteiger partial charge in [-0.2, -0.15) is 0 Å². The fourth-order valence-corrected chi connectivity index (χ4v) is 1.84. The van der Waals surface area contributed by atoms with E-state index in [-0.39, 0.29) is 5.91 Å². The molecule has 1 aromatic heterocycles. The molecule has 0 bridgehead atoms. The third kappa shape index (κ3) is 4.20. The van der Waals surface area contributed by atoms with E-state index in [1.54, 1.807) is 50.4 Å². The Hall–Kier alpha value is -2.07. The maximum absolute atomic E-state index is 12.3. The van der Waals surface area contributed by atoms with Gasteiger partial charge >= 0.3 is 0 Å². The van der Waals surface area contributed by atoms with E-state index in [0.717, 1.165) is 5.56 Å². The molecule has 4 nitrogen and oxygen atoms in total. The maximum atomic E-state index is 12.3. The molecule has 1 N–H and O–H groups in total. The number of ether oxygens (including phenoxy) is 1. The monoisotopic (exact) mass is 304 g/mol. The minimum absolute atomic E-state index is 0.268. The van der Waals surface area contributed by atoms with Crippen LogP contribution in [0, 0.1) is 6.92 Å². The molecular weight excluding hydrogens is 288 g/mol. The van der Waals surface area contributed by atoms with Gasteiger partial charge in [0.25, 0.3) is 5.91 Å². The molecule has 0 atom stereocenters. The predicted molar refractivity (Wildman–Crippen MR) is 83.8 cm³/mol. The first kappa shape index (κ1) is 15.3. The second-order valence-corrected chi connectivity index (χ2v) is 5.68. The van der Waals surface area contributed by atoms with Gasteiger partial charge in [0.15, 0.2) is 5.60 Å². The van der Waals surface area contributed by atoms with Gasteiger partial charge in [0.05, 0.1) is 0 Å². The fraction of sp³-hybridized carbons (Fsp3) is 0.250. The summed E-state index contributed by atoms with van der Waals surface area (Å²) in [5.74, 6) is 0.820. The van der Waals surface area contributed by atoms with Crippen LogP contribution in [0.15, 0.2) is 42.6 Å². The third-order valence-corrected chi connectivity index (χ3v) is 3.14. The molecule has 21 heavy (non-hydrogen) atoms. The van der Waals surface area contributed by atoms with Crippen LogP contribution in [0.4, 0.5) is 5.82 Å². The molecule has 0 spiro atoms. The highest BCUT2D eigenvalue weighted by molar-refractivity contribution is 6.30. The van der Waals surface area contributed by atoms with Crippen LogP contribution in [0.3, 0.4) is 0 Å². The van der Waals surface area contributed by atoms with E-state index >= 15 is 0 Å². The molecule has 0 unspecified atom stereocenters. The molecule has 0 radical (unpaired) electrons. The molecule has 2 aromatic rings. The molecule has 0 aliphatic rings. The number of aryl methyl sites for hydroxylation is 1. The van der Waals surface area contributed by atoms with Crippen molar-refractivity contribution in [1.82, 2.24) is 4.98 Å². The summed E-state index contributed by atoms with van der Waals surface area (Å²) in [7, 11) is 0. The number of halogens is 1. The first-order valence-electron chi connectivity index (χ1n) is 6.55. The molecule has 0 saturated carbocycles. The van der Waals surface area contributed by atoms with Gasteiger partial charge in [0, 0.05) is 11.2 Å². The Bertz CT molecular complexity index is 639. The lowest BCUT2D eigenvalue weighted by atomic mass is 10.1. The average Bonchev–Trinajstić information content (AvgIpc) is 2.41. The van der Waals surface area contributed by atoms with Crippen LogP contribution in [-0.2, 0) is 4.79 Å². The van der Waals surface area contributed by atoms with Gasteiger partial charge in [-0.3, -0.25) is 4.79 Å². The Morgan fingerprint density at radius 2 is 1.90 bits per heavy atom. The molecule has 2 rings (SSSR count). The van der Waals surface area contributed by atoms with Gasteiger partial charge in [-0.25, -0.2) is 4.98 Å². The number of amides is 1. The highest BCUT2D eigenvalue weighted by atomic mass is 35.5. The van der Waals surface area contributed by atoms with E-state index in [1.807, 2.05) is 13.0 Å². The van der Waals surface area contributed by atoms with E-state index in [2.05, 4.69) is 10.3 Å². The summed E-state index contributed by atoms with van der Waals surface area (Å²) in [5.41, 5.74) is -0.00377. The fourth-order valence-electron chi connectivity index (χ4n) is 1.71. The lowest BCUT2D eigenvalue weighted by Gasteiger charge is -2.25. The number of benzene rings is 1. The molecule has 1 aromatic carbocycles. The second-order valence-electron chi connectivity index (χ2n) is 5.24. The van der Waals surface area contributed by atoms with E-state index in [0.29, 0.717) is 16.6 Å². The van der Waals surface area contributed by atoms with Crippen LogP contribution in [0.25, 0.3) is 0 Å². The smallest absolute Gasteiger partial charge is 0.269 e.